The lowest BCUT2D eigenvalue weighted by molar-refractivity contribution is -0.165. The Morgan fingerprint density at radius 2 is 2.17 bits per heavy atom. The van der Waals surface area contributed by atoms with E-state index in [1.807, 2.05) is 0 Å². The summed E-state index contributed by atoms with van der Waals surface area (Å²) >= 11 is 0. The van der Waals surface area contributed by atoms with Gasteiger partial charge in [-0.05, 0) is 49.3 Å². The van der Waals surface area contributed by atoms with E-state index in [4.69, 9.17) is 0 Å². The summed E-state index contributed by atoms with van der Waals surface area (Å²) in [6.45, 7) is 7.39. The van der Waals surface area contributed by atoms with E-state index in [1.165, 1.54) is 6.07 Å². The Morgan fingerprint density at radius 3 is 2.75 bits per heavy atom. The first-order valence-corrected chi connectivity index (χ1v) is 8.63. The number of carboxylic acids is 1. The van der Waals surface area contributed by atoms with E-state index in [9.17, 15) is 19.4 Å². The molecule has 0 amide bonds. The Hall–Kier alpha value is -1.46. The second kappa shape index (κ2) is 7.62. The molecule has 0 unspecified atom stereocenters. The normalized spacial score (nSPS) is 25.2. The summed E-state index contributed by atoms with van der Waals surface area (Å²) < 4.78 is 13.4. The molecular formula is C19H28FNO3. The summed E-state index contributed by atoms with van der Waals surface area (Å²) in [5.74, 6) is -0.760. The number of aliphatic hydroxyl groups is 1. The number of halogens is 1. The number of carbonyl (C=O) groups is 1. The molecule has 2 atom stereocenters. The zero-order valence-corrected chi connectivity index (χ0v) is 14.8. The average Bonchev–Trinajstić information content (AvgIpc) is 2.51. The van der Waals surface area contributed by atoms with Crippen LogP contribution in [0, 0.1) is 24.1 Å². The van der Waals surface area contributed by atoms with Crippen molar-refractivity contribution in [3.05, 3.63) is 35.1 Å². The molecule has 0 radical (unpaired) electrons. The van der Waals surface area contributed by atoms with Crippen LogP contribution >= 0.6 is 0 Å². The average molecular weight is 337 g/mol. The molecule has 0 spiro atoms. The molecule has 1 aliphatic heterocycles. The Morgan fingerprint density at radius 1 is 1.46 bits per heavy atom. The third kappa shape index (κ3) is 4.14. The first-order valence-electron chi connectivity index (χ1n) is 8.63. The number of piperidine rings is 1. The molecule has 1 saturated heterocycles. The molecule has 5 heteroatoms. The monoisotopic (exact) mass is 337 g/mol. The van der Waals surface area contributed by atoms with Gasteiger partial charge in [0.15, 0.2) is 0 Å². The zero-order valence-electron chi connectivity index (χ0n) is 14.8. The van der Waals surface area contributed by atoms with Crippen LogP contribution in [0.1, 0.15) is 44.2 Å². The van der Waals surface area contributed by atoms with Crippen LogP contribution in [0.3, 0.4) is 0 Å². The number of hydrogen-bond donors (Lipinski definition) is 2. The minimum Gasteiger partial charge on any atom is -0.481 e. The van der Waals surface area contributed by atoms with Gasteiger partial charge >= 0.3 is 5.97 Å². The highest BCUT2D eigenvalue weighted by Crippen LogP contribution is 2.37. The molecule has 1 heterocycles. The van der Waals surface area contributed by atoms with Crippen molar-refractivity contribution in [2.75, 3.05) is 13.1 Å². The second-order valence-electron chi connectivity index (χ2n) is 7.49. The molecule has 1 aromatic carbocycles. The molecule has 1 aromatic rings. The number of aryl methyl sites for hydroxylation is 1. The van der Waals surface area contributed by atoms with E-state index in [0.29, 0.717) is 44.0 Å². The number of hydrogen-bond acceptors (Lipinski definition) is 3. The van der Waals surface area contributed by atoms with Crippen molar-refractivity contribution in [3.8, 4) is 0 Å². The van der Waals surface area contributed by atoms with Crippen LogP contribution in [0.4, 0.5) is 4.39 Å². The highest BCUT2D eigenvalue weighted by Gasteiger charge is 2.48. The number of benzene rings is 1. The van der Waals surface area contributed by atoms with Gasteiger partial charge in [0.25, 0.3) is 0 Å². The number of likely N-dealkylation sites (tertiary alicyclic amines) is 1. The number of rotatable bonds is 6. The van der Waals surface area contributed by atoms with Gasteiger partial charge in [-0.15, -0.1) is 0 Å². The SMILES string of the molecule is Cc1cc(CN2CC[C@@H](O)[C@](CCC(C)C)(C(=O)O)C2)ccc1F. The predicted octanol–water partition coefficient (Wildman–Crippen LogP) is 3.21. The zero-order chi connectivity index (χ0) is 17.9. The first kappa shape index (κ1) is 18.9. The Bertz CT molecular complexity index is 590. The highest BCUT2D eigenvalue weighted by molar-refractivity contribution is 5.76. The fraction of sp³-hybridized carbons (Fsp3) is 0.632. The van der Waals surface area contributed by atoms with Crippen LogP contribution < -0.4 is 0 Å². The largest absolute Gasteiger partial charge is 0.481 e. The summed E-state index contributed by atoms with van der Waals surface area (Å²) in [7, 11) is 0. The van der Waals surface area contributed by atoms with Crippen LogP contribution in [-0.2, 0) is 11.3 Å². The molecule has 2 N–H and O–H groups in total. The Labute approximate surface area is 143 Å². The van der Waals surface area contributed by atoms with Crippen molar-refractivity contribution in [1.29, 1.82) is 0 Å². The summed E-state index contributed by atoms with van der Waals surface area (Å²) in [6.07, 6.45) is 0.873. The van der Waals surface area contributed by atoms with E-state index in [-0.39, 0.29) is 5.82 Å². The summed E-state index contributed by atoms with van der Waals surface area (Å²) in [6, 6.07) is 4.99. The van der Waals surface area contributed by atoms with Crippen LogP contribution in [0.5, 0.6) is 0 Å². The molecule has 134 valence electrons. The molecular weight excluding hydrogens is 309 g/mol. The molecule has 24 heavy (non-hydrogen) atoms. The van der Waals surface area contributed by atoms with Gasteiger partial charge in [-0.1, -0.05) is 26.0 Å². The van der Waals surface area contributed by atoms with E-state index >= 15 is 0 Å². The maximum Gasteiger partial charge on any atom is 0.313 e. The van der Waals surface area contributed by atoms with Crippen molar-refractivity contribution >= 4 is 5.97 Å². The molecule has 4 nitrogen and oxygen atoms in total. The quantitative estimate of drug-likeness (QED) is 0.837. The van der Waals surface area contributed by atoms with Gasteiger partial charge in [0.1, 0.15) is 11.2 Å². The van der Waals surface area contributed by atoms with Gasteiger partial charge < -0.3 is 10.2 Å². The van der Waals surface area contributed by atoms with Gasteiger partial charge in [0.2, 0.25) is 0 Å². The van der Waals surface area contributed by atoms with E-state index in [2.05, 4.69) is 18.7 Å². The standard InChI is InChI=1S/C19H28FNO3/c1-13(2)6-8-19(18(23)24)12-21(9-7-17(19)22)11-15-4-5-16(20)14(3)10-15/h4-5,10,13,17,22H,6-9,11-12H2,1-3H3,(H,23,24)/t17-,19-/m1/s1. The third-order valence-electron chi connectivity index (χ3n) is 5.08. The van der Waals surface area contributed by atoms with Gasteiger partial charge in [-0.3, -0.25) is 9.69 Å². The number of nitrogens with zero attached hydrogens (tertiary/aromatic N) is 1. The van der Waals surface area contributed by atoms with Gasteiger partial charge in [-0.25, -0.2) is 4.39 Å². The summed E-state index contributed by atoms with van der Waals surface area (Å²) in [4.78, 5) is 14.0. The topological polar surface area (TPSA) is 60.8 Å². The molecule has 0 aliphatic carbocycles. The predicted molar refractivity (Wildman–Crippen MR) is 91.2 cm³/mol. The van der Waals surface area contributed by atoms with Crippen molar-refractivity contribution < 1.29 is 19.4 Å². The molecule has 1 fully saturated rings. The van der Waals surface area contributed by atoms with Gasteiger partial charge in [0.05, 0.1) is 6.10 Å². The van der Waals surface area contributed by atoms with Crippen LogP contribution in [-0.4, -0.2) is 40.3 Å². The number of aliphatic hydroxyl groups excluding tert-OH is 1. The number of carboxylic acid groups (broad SMARTS) is 1. The van der Waals surface area contributed by atoms with Gasteiger partial charge in [-0.2, -0.15) is 0 Å². The second-order valence-corrected chi connectivity index (χ2v) is 7.49. The van der Waals surface area contributed by atoms with Crippen molar-refractivity contribution in [2.45, 2.75) is 52.7 Å². The molecule has 2 rings (SSSR count). The minimum atomic E-state index is -1.11. The first-order chi connectivity index (χ1) is 11.2. The lowest BCUT2D eigenvalue weighted by Gasteiger charge is -2.43. The minimum absolute atomic E-state index is 0.232. The fourth-order valence-corrected chi connectivity index (χ4v) is 3.47. The number of aliphatic carboxylic acids is 1. The maximum absolute atomic E-state index is 13.4. The maximum atomic E-state index is 13.4. The summed E-state index contributed by atoms with van der Waals surface area (Å²) in [5, 5.41) is 20.2. The fourth-order valence-electron chi connectivity index (χ4n) is 3.47. The van der Waals surface area contributed by atoms with E-state index in [1.54, 1.807) is 19.1 Å². The van der Waals surface area contributed by atoms with E-state index < -0.39 is 17.5 Å². The third-order valence-corrected chi connectivity index (χ3v) is 5.08. The Balaban J connectivity index is 2.15. The van der Waals surface area contributed by atoms with Crippen molar-refractivity contribution in [2.24, 2.45) is 11.3 Å². The molecule has 0 aromatic heterocycles. The molecule has 0 bridgehead atoms. The lowest BCUT2D eigenvalue weighted by Crippen LogP contribution is -2.55. The summed E-state index contributed by atoms with van der Waals surface area (Å²) in [5.41, 5.74) is 0.444. The van der Waals surface area contributed by atoms with Crippen LogP contribution in [0.25, 0.3) is 0 Å². The highest BCUT2D eigenvalue weighted by atomic mass is 19.1. The van der Waals surface area contributed by atoms with Crippen molar-refractivity contribution in [1.82, 2.24) is 4.90 Å². The lowest BCUT2D eigenvalue weighted by atomic mass is 9.72. The van der Waals surface area contributed by atoms with Crippen molar-refractivity contribution in [3.63, 3.8) is 0 Å². The van der Waals surface area contributed by atoms with Gasteiger partial charge in [0, 0.05) is 19.6 Å². The van der Waals surface area contributed by atoms with Crippen LogP contribution in [0.2, 0.25) is 0 Å². The van der Waals surface area contributed by atoms with Crippen LogP contribution in [0.15, 0.2) is 18.2 Å². The molecule has 1 aliphatic rings. The molecule has 0 saturated carbocycles. The smallest absolute Gasteiger partial charge is 0.313 e. The van der Waals surface area contributed by atoms with E-state index in [0.717, 1.165) is 12.0 Å². The Kier molecular flexibility index (Phi) is 5.99.